The van der Waals surface area contributed by atoms with Gasteiger partial charge in [-0.25, -0.2) is 0 Å². The SMILES string of the molecule is COC(=O)CCC(=O)OCC(=O)c1cc(Cl)cc(C(F)(F)F)c1. The van der Waals surface area contributed by atoms with E-state index in [-0.39, 0.29) is 23.4 Å². The number of alkyl halides is 3. The van der Waals surface area contributed by atoms with Crippen molar-refractivity contribution in [2.45, 2.75) is 19.0 Å². The van der Waals surface area contributed by atoms with Crippen molar-refractivity contribution in [3.63, 3.8) is 0 Å². The highest BCUT2D eigenvalue weighted by atomic mass is 35.5. The number of ketones is 1. The van der Waals surface area contributed by atoms with Gasteiger partial charge in [0.1, 0.15) is 0 Å². The van der Waals surface area contributed by atoms with Gasteiger partial charge >= 0.3 is 18.1 Å². The van der Waals surface area contributed by atoms with Gasteiger partial charge in [-0.1, -0.05) is 11.6 Å². The van der Waals surface area contributed by atoms with E-state index >= 15 is 0 Å². The molecule has 0 N–H and O–H groups in total. The Morgan fingerprint density at radius 2 is 1.70 bits per heavy atom. The van der Waals surface area contributed by atoms with E-state index in [0.717, 1.165) is 13.2 Å². The zero-order valence-corrected chi connectivity index (χ0v) is 12.7. The number of carbonyl (C=O) groups is 3. The molecule has 0 spiro atoms. The molecular formula is C14H12ClF3O5. The molecule has 0 aliphatic rings. The summed E-state index contributed by atoms with van der Waals surface area (Å²) in [4.78, 5) is 33.9. The van der Waals surface area contributed by atoms with E-state index in [1.165, 1.54) is 0 Å². The van der Waals surface area contributed by atoms with E-state index in [1.807, 2.05) is 0 Å². The number of esters is 2. The first-order valence-electron chi connectivity index (χ1n) is 6.27. The quantitative estimate of drug-likeness (QED) is 0.581. The Kier molecular flexibility index (Phi) is 6.56. The van der Waals surface area contributed by atoms with Crippen LogP contribution in [0.4, 0.5) is 13.2 Å². The van der Waals surface area contributed by atoms with Crippen molar-refractivity contribution in [1.29, 1.82) is 0 Å². The van der Waals surface area contributed by atoms with Gasteiger partial charge in [-0.05, 0) is 18.2 Å². The maximum absolute atomic E-state index is 12.6. The lowest BCUT2D eigenvalue weighted by molar-refractivity contribution is -0.148. The van der Waals surface area contributed by atoms with Gasteiger partial charge in [0.15, 0.2) is 12.4 Å². The Bertz CT molecular complexity index is 613. The molecule has 1 aromatic carbocycles. The van der Waals surface area contributed by atoms with Gasteiger partial charge in [0.2, 0.25) is 0 Å². The summed E-state index contributed by atoms with van der Waals surface area (Å²) in [6.07, 6.45) is -5.18. The lowest BCUT2D eigenvalue weighted by Gasteiger charge is -2.09. The lowest BCUT2D eigenvalue weighted by Crippen LogP contribution is -2.16. The maximum atomic E-state index is 12.6. The highest BCUT2D eigenvalue weighted by Gasteiger charge is 2.31. The molecule has 0 saturated carbocycles. The van der Waals surface area contributed by atoms with Crippen LogP contribution in [-0.4, -0.2) is 31.4 Å². The molecule has 1 rings (SSSR count). The summed E-state index contributed by atoms with van der Waals surface area (Å²) in [7, 11) is 1.15. The predicted octanol–water partition coefficient (Wildman–Crippen LogP) is 3.04. The second-order valence-corrected chi connectivity index (χ2v) is 4.82. The average Bonchev–Trinajstić information content (AvgIpc) is 2.48. The fourth-order valence-electron chi connectivity index (χ4n) is 1.52. The Labute approximate surface area is 134 Å². The number of halogens is 4. The molecular weight excluding hydrogens is 341 g/mol. The van der Waals surface area contributed by atoms with Crippen molar-refractivity contribution < 1.29 is 37.0 Å². The summed E-state index contributed by atoms with van der Waals surface area (Å²) in [6.45, 7) is -0.752. The molecule has 126 valence electrons. The number of methoxy groups -OCH3 is 1. The molecule has 0 fully saturated rings. The smallest absolute Gasteiger partial charge is 0.416 e. The van der Waals surface area contributed by atoms with Crippen molar-refractivity contribution in [2.75, 3.05) is 13.7 Å². The summed E-state index contributed by atoms with van der Waals surface area (Å²) in [5.74, 6) is -2.32. The molecule has 0 bridgehead atoms. The maximum Gasteiger partial charge on any atom is 0.416 e. The largest absolute Gasteiger partial charge is 0.469 e. The number of ether oxygens (including phenoxy) is 2. The van der Waals surface area contributed by atoms with Crippen LogP contribution in [0.25, 0.3) is 0 Å². The molecule has 0 aliphatic carbocycles. The molecule has 0 atom stereocenters. The minimum absolute atomic E-state index is 0.223. The van der Waals surface area contributed by atoms with Crippen LogP contribution >= 0.6 is 11.6 Å². The Hall–Kier alpha value is -2.09. The monoisotopic (exact) mass is 352 g/mol. The minimum atomic E-state index is -4.66. The van der Waals surface area contributed by atoms with Gasteiger partial charge in [0, 0.05) is 10.6 Å². The molecule has 1 aromatic rings. The summed E-state index contributed by atoms with van der Waals surface area (Å²) in [5, 5.41) is -0.264. The summed E-state index contributed by atoms with van der Waals surface area (Å²) in [6, 6.07) is 2.35. The zero-order valence-electron chi connectivity index (χ0n) is 11.9. The van der Waals surface area contributed by atoms with Gasteiger partial charge in [0.05, 0.1) is 25.5 Å². The van der Waals surface area contributed by atoms with Crippen LogP contribution in [0, 0.1) is 0 Å². The third kappa shape index (κ3) is 6.27. The molecule has 0 aliphatic heterocycles. The molecule has 23 heavy (non-hydrogen) atoms. The summed E-state index contributed by atoms with van der Waals surface area (Å²) < 4.78 is 46.8. The number of benzene rings is 1. The van der Waals surface area contributed by atoms with Crippen LogP contribution in [0.15, 0.2) is 18.2 Å². The molecule has 5 nitrogen and oxygen atoms in total. The molecule has 0 heterocycles. The van der Waals surface area contributed by atoms with Crippen LogP contribution in [0.1, 0.15) is 28.8 Å². The Balaban J connectivity index is 2.67. The van der Waals surface area contributed by atoms with Crippen molar-refractivity contribution >= 4 is 29.3 Å². The standard InChI is InChI=1S/C14H12ClF3O5/c1-22-12(20)2-3-13(21)23-7-11(19)8-4-9(14(16,17)18)6-10(15)5-8/h4-6H,2-3,7H2,1H3. The van der Waals surface area contributed by atoms with E-state index in [1.54, 1.807) is 0 Å². The lowest BCUT2D eigenvalue weighted by atomic mass is 10.1. The second-order valence-electron chi connectivity index (χ2n) is 4.39. The molecule has 0 unspecified atom stereocenters. The number of carbonyl (C=O) groups excluding carboxylic acids is 3. The van der Waals surface area contributed by atoms with Crippen molar-refractivity contribution in [3.05, 3.63) is 34.3 Å². The van der Waals surface area contributed by atoms with E-state index in [0.29, 0.717) is 12.1 Å². The van der Waals surface area contributed by atoms with E-state index in [9.17, 15) is 27.6 Å². The summed E-state index contributed by atoms with van der Waals surface area (Å²) in [5.41, 5.74) is -1.41. The highest BCUT2D eigenvalue weighted by Crippen LogP contribution is 2.32. The Morgan fingerprint density at radius 1 is 1.09 bits per heavy atom. The third-order valence-electron chi connectivity index (χ3n) is 2.67. The highest BCUT2D eigenvalue weighted by molar-refractivity contribution is 6.31. The van der Waals surface area contributed by atoms with Gasteiger partial charge in [0.25, 0.3) is 0 Å². The topological polar surface area (TPSA) is 69.7 Å². The van der Waals surface area contributed by atoms with E-state index in [4.69, 9.17) is 11.6 Å². The van der Waals surface area contributed by atoms with Crippen LogP contribution in [0.3, 0.4) is 0 Å². The van der Waals surface area contributed by atoms with Crippen molar-refractivity contribution in [3.8, 4) is 0 Å². The first-order valence-corrected chi connectivity index (χ1v) is 6.64. The number of rotatable bonds is 6. The third-order valence-corrected chi connectivity index (χ3v) is 2.89. The van der Waals surface area contributed by atoms with Gasteiger partial charge in [-0.2, -0.15) is 13.2 Å². The van der Waals surface area contributed by atoms with Crippen LogP contribution < -0.4 is 0 Å². The number of Topliss-reactive ketones (excluding diaryl/α,β-unsaturated/α-hetero) is 1. The van der Waals surface area contributed by atoms with Crippen molar-refractivity contribution in [2.24, 2.45) is 0 Å². The number of hydrogen-bond acceptors (Lipinski definition) is 5. The second kappa shape index (κ2) is 7.96. The van der Waals surface area contributed by atoms with E-state index < -0.39 is 36.1 Å². The molecule has 9 heteroatoms. The van der Waals surface area contributed by atoms with Crippen LogP contribution in [-0.2, 0) is 25.2 Å². The predicted molar refractivity (Wildman–Crippen MR) is 73.0 cm³/mol. The van der Waals surface area contributed by atoms with Crippen LogP contribution in [0.2, 0.25) is 5.02 Å². The molecule has 0 radical (unpaired) electrons. The molecule has 0 amide bonds. The van der Waals surface area contributed by atoms with Crippen LogP contribution in [0.5, 0.6) is 0 Å². The normalized spacial score (nSPS) is 11.0. The fraction of sp³-hybridized carbons (Fsp3) is 0.357. The van der Waals surface area contributed by atoms with Gasteiger partial charge in [-0.3, -0.25) is 14.4 Å². The van der Waals surface area contributed by atoms with Gasteiger partial charge in [-0.15, -0.1) is 0 Å². The zero-order chi connectivity index (χ0) is 17.6. The summed E-state index contributed by atoms with van der Waals surface area (Å²) >= 11 is 5.55. The van der Waals surface area contributed by atoms with Crippen molar-refractivity contribution in [1.82, 2.24) is 0 Å². The van der Waals surface area contributed by atoms with E-state index in [2.05, 4.69) is 9.47 Å². The first kappa shape index (κ1) is 19.0. The fourth-order valence-corrected chi connectivity index (χ4v) is 1.76. The average molecular weight is 353 g/mol. The van der Waals surface area contributed by atoms with Gasteiger partial charge < -0.3 is 9.47 Å². The minimum Gasteiger partial charge on any atom is -0.469 e. The molecule has 0 aromatic heterocycles. The molecule has 0 saturated heterocycles. The Morgan fingerprint density at radius 3 is 2.26 bits per heavy atom. The first-order chi connectivity index (χ1) is 10.6. The number of hydrogen-bond donors (Lipinski definition) is 0.